The topological polar surface area (TPSA) is 96.0 Å². The summed E-state index contributed by atoms with van der Waals surface area (Å²) < 4.78 is 32.1. The number of carbonyl (C=O) groups excluding carboxylic acids is 2. The second-order valence-electron chi connectivity index (χ2n) is 10.0. The van der Waals surface area contributed by atoms with Crippen LogP contribution in [0.25, 0.3) is 0 Å². The first-order valence-corrected chi connectivity index (χ1v) is 16.4. The summed E-state index contributed by atoms with van der Waals surface area (Å²) in [6, 6.07) is 22.8. The van der Waals surface area contributed by atoms with Crippen molar-refractivity contribution in [2.24, 2.45) is 0 Å². The van der Waals surface area contributed by atoms with E-state index in [1.54, 1.807) is 41.3 Å². The number of benzene rings is 3. The van der Waals surface area contributed by atoms with Crippen LogP contribution in [-0.2, 0) is 32.6 Å². The van der Waals surface area contributed by atoms with Crippen LogP contribution in [0.1, 0.15) is 44.2 Å². The van der Waals surface area contributed by atoms with Crippen LogP contribution >= 0.6 is 11.6 Å². The van der Waals surface area contributed by atoms with Crippen molar-refractivity contribution in [2.75, 3.05) is 30.3 Å². The number of rotatable bonds is 16. The number of carbonyl (C=O) groups is 2. The molecular weight excluding hydrogens is 574 g/mol. The first kappa shape index (κ1) is 32.9. The van der Waals surface area contributed by atoms with Crippen LogP contribution in [0.5, 0.6) is 5.75 Å². The first-order valence-electron chi connectivity index (χ1n) is 14.2. The largest absolute Gasteiger partial charge is 0.494 e. The van der Waals surface area contributed by atoms with Crippen molar-refractivity contribution in [3.8, 4) is 5.75 Å². The number of anilines is 1. The van der Waals surface area contributed by atoms with Gasteiger partial charge in [0.15, 0.2) is 0 Å². The predicted octanol–water partition coefficient (Wildman–Crippen LogP) is 5.45. The van der Waals surface area contributed by atoms with Gasteiger partial charge in [0, 0.05) is 37.5 Å². The Hall–Kier alpha value is -3.56. The molecule has 226 valence electrons. The quantitative estimate of drug-likeness (QED) is 0.232. The van der Waals surface area contributed by atoms with Gasteiger partial charge in [-0.15, -0.1) is 0 Å². The fraction of sp³-hybridized carbons (Fsp3) is 0.375. The Morgan fingerprint density at radius 1 is 0.952 bits per heavy atom. The molecule has 0 radical (unpaired) electrons. The first-order chi connectivity index (χ1) is 20.1. The van der Waals surface area contributed by atoms with Crippen LogP contribution in [0.4, 0.5) is 5.69 Å². The van der Waals surface area contributed by atoms with Gasteiger partial charge in [-0.1, -0.05) is 61.0 Å². The lowest BCUT2D eigenvalue weighted by molar-refractivity contribution is -0.141. The van der Waals surface area contributed by atoms with Crippen molar-refractivity contribution in [1.82, 2.24) is 10.2 Å². The number of sulfonamides is 1. The van der Waals surface area contributed by atoms with E-state index in [4.69, 9.17) is 16.3 Å². The van der Waals surface area contributed by atoms with Crippen molar-refractivity contribution >= 4 is 39.1 Å². The number of amides is 2. The molecule has 1 N–H and O–H groups in total. The fourth-order valence-electron chi connectivity index (χ4n) is 4.63. The Balaban J connectivity index is 1.85. The molecule has 0 unspecified atom stereocenters. The molecule has 0 heterocycles. The average molecular weight is 614 g/mol. The lowest BCUT2D eigenvalue weighted by Gasteiger charge is -2.32. The highest BCUT2D eigenvalue weighted by Crippen LogP contribution is 2.23. The molecule has 3 rings (SSSR count). The molecule has 10 heteroatoms. The maximum atomic E-state index is 13.9. The van der Waals surface area contributed by atoms with E-state index in [0.29, 0.717) is 36.0 Å². The van der Waals surface area contributed by atoms with E-state index in [2.05, 4.69) is 5.32 Å². The van der Waals surface area contributed by atoms with Gasteiger partial charge in [0.05, 0.1) is 18.6 Å². The number of nitrogens with zero attached hydrogens (tertiary/aromatic N) is 2. The normalized spacial score (nSPS) is 11.9. The lowest BCUT2D eigenvalue weighted by Crippen LogP contribution is -2.50. The van der Waals surface area contributed by atoms with Gasteiger partial charge in [-0.25, -0.2) is 8.42 Å². The van der Waals surface area contributed by atoms with E-state index in [0.717, 1.165) is 23.8 Å². The summed E-state index contributed by atoms with van der Waals surface area (Å²) in [5.41, 5.74) is 2.21. The van der Waals surface area contributed by atoms with E-state index in [-0.39, 0.29) is 37.7 Å². The Kier molecular flexibility index (Phi) is 12.7. The summed E-state index contributed by atoms with van der Waals surface area (Å²) in [6.07, 6.45) is 2.56. The number of hydrogen-bond acceptors (Lipinski definition) is 5. The zero-order chi connectivity index (χ0) is 30.5. The van der Waals surface area contributed by atoms with Crippen molar-refractivity contribution in [3.05, 3.63) is 95.0 Å². The summed E-state index contributed by atoms with van der Waals surface area (Å²) in [6.45, 7) is 5.14. The van der Waals surface area contributed by atoms with Crippen LogP contribution in [-0.4, -0.2) is 57.1 Å². The van der Waals surface area contributed by atoms with Gasteiger partial charge in [-0.2, -0.15) is 0 Å². The minimum Gasteiger partial charge on any atom is -0.494 e. The van der Waals surface area contributed by atoms with E-state index < -0.39 is 16.1 Å². The zero-order valence-corrected chi connectivity index (χ0v) is 26.0. The standard InChI is InChI=1S/C32H40ClN3O5S/c1-4-20-34-32(38)30(23-25-11-7-6-8-12-25)35(24-26-13-9-14-27(33)22-26)31(37)15-10-21-36(42(3,39)40)28-16-18-29(19-17-28)41-5-2/h6-9,11-14,16-19,22,30H,4-5,10,15,20-21,23-24H2,1-3H3,(H,34,38)/t30-/m0/s1. The SMILES string of the molecule is CCCNC(=O)[C@H](Cc1ccccc1)N(Cc1cccc(Cl)c1)C(=O)CCCN(c1ccc(OCC)cc1)S(C)(=O)=O. The molecule has 2 amide bonds. The molecule has 0 spiro atoms. The van der Waals surface area contributed by atoms with E-state index in [1.165, 1.54) is 4.31 Å². The molecule has 0 aliphatic heterocycles. The summed E-state index contributed by atoms with van der Waals surface area (Å²) in [5, 5.41) is 3.49. The van der Waals surface area contributed by atoms with Crippen molar-refractivity contribution < 1.29 is 22.7 Å². The number of nitrogens with one attached hydrogen (secondary N) is 1. The van der Waals surface area contributed by atoms with Gasteiger partial charge in [-0.3, -0.25) is 13.9 Å². The maximum Gasteiger partial charge on any atom is 0.243 e. The lowest BCUT2D eigenvalue weighted by atomic mass is 10.0. The molecule has 3 aromatic rings. The monoisotopic (exact) mass is 613 g/mol. The minimum atomic E-state index is -3.61. The maximum absolute atomic E-state index is 13.9. The molecule has 8 nitrogen and oxygen atoms in total. The smallest absolute Gasteiger partial charge is 0.243 e. The van der Waals surface area contributed by atoms with Gasteiger partial charge < -0.3 is 15.0 Å². The Labute approximate surface area is 254 Å². The van der Waals surface area contributed by atoms with Crippen LogP contribution in [0.2, 0.25) is 5.02 Å². The van der Waals surface area contributed by atoms with Crippen LogP contribution in [0, 0.1) is 0 Å². The molecular formula is C32H40ClN3O5S. The highest BCUT2D eigenvalue weighted by molar-refractivity contribution is 7.92. The summed E-state index contributed by atoms with van der Waals surface area (Å²) >= 11 is 6.24. The molecule has 0 aromatic heterocycles. The third-order valence-corrected chi connectivity index (χ3v) is 8.08. The second kappa shape index (κ2) is 16.2. The summed E-state index contributed by atoms with van der Waals surface area (Å²) in [5.74, 6) is 0.165. The van der Waals surface area contributed by atoms with Gasteiger partial charge in [0.2, 0.25) is 21.8 Å². The van der Waals surface area contributed by atoms with Gasteiger partial charge >= 0.3 is 0 Å². The highest BCUT2D eigenvalue weighted by atomic mass is 35.5. The molecule has 0 aliphatic rings. The Morgan fingerprint density at radius 2 is 1.64 bits per heavy atom. The third-order valence-electron chi connectivity index (χ3n) is 6.65. The Bertz CT molecular complexity index is 1400. The van der Waals surface area contributed by atoms with E-state index in [1.807, 2.05) is 56.3 Å². The average Bonchev–Trinajstić information content (AvgIpc) is 2.96. The molecule has 0 fully saturated rings. The minimum absolute atomic E-state index is 0.0516. The second-order valence-corrected chi connectivity index (χ2v) is 12.4. The fourth-order valence-corrected chi connectivity index (χ4v) is 5.81. The number of hydrogen-bond donors (Lipinski definition) is 1. The molecule has 0 aliphatic carbocycles. The van der Waals surface area contributed by atoms with Crippen molar-refractivity contribution in [3.63, 3.8) is 0 Å². The van der Waals surface area contributed by atoms with Gasteiger partial charge in [0.25, 0.3) is 0 Å². The third kappa shape index (κ3) is 10.1. The molecule has 0 saturated heterocycles. The van der Waals surface area contributed by atoms with Crippen LogP contribution < -0.4 is 14.4 Å². The molecule has 0 saturated carbocycles. The van der Waals surface area contributed by atoms with Gasteiger partial charge in [-0.05, 0) is 67.3 Å². The van der Waals surface area contributed by atoms with Crippen molar-refractivity contribution in [2.45, 2.75) is 52.1 Å². The zero-order valence-electron chi connectivity index (χ0n) is 24.5. The molecule has 3 aromatic carbocycles. The molecule has 42 heavy (non-hydrogen) atoms. The van der Waals surface area contributed by atoms with E-state index in [9.17, 15) is 18.0 Å². The van der Waals surface area contributed by atoms with Crippen LogP contribution in [0.15, 0.2) is 78.9 Å². The molecule has 0 bridgehead atoms. The van der Waals surface area contributed by atoms with E-state index >= 15 is 0 Å². The summed E-state index contributed by atoms with van der Waals surface area (Å²) in [4.78, 5) is 28.9. The Morgan fingerprint density at radius 3 is 2.26 bits per heavy atom. The van der Waals surface area contributed by atoms with Crippen molar-refractivity contribution in [1.29, 1.82) is 0 Å². The van der Waals surface area contributed by atoms with Crippen LogP contribution in [0.3, 0.4) is 0 Å². The number of halogens is 1. The molecule has 1 atom stereocenters. The highest BCUT2D eigenvalue weighted by Gasteiger charge is 2.30. The van der Waals surface area contributed by atoms with Gasteiger partial charge in [0.1, 0.15) is 11.8 Å². The summed E-state index contributed by atoms with van der Waals surface area (Å²) in [7, 11) is -3.61. The predicted molar refractivity (Wildman–Crippen MR) is 168 cm³/mol. The number of ether oxygens (including phenoxy) is 1.